The van der Waals surface area contributed by atoms with Crippen molar-refractivity contribution in [2.24, 2.45) is 11.1 Å². The molecule has 21 heavy (non-hydrogen) atoms. The summed E-state index contributed by atoms with van der Waals surface area (Å²) in [7, 11) is 0. The van der Waals surface area contributed by atoms with Crippen molar-refractivity contribution in [3.63, 3.8) is 0 Å². The Hall–Kier alpha value is -1.94. The third-order valence-electron chi connectivity index (χ3n) is 4.77. The van der Waals surface area contributed by atoms with Crippen molar-refractivity contribution in [2.45, 2.75) is 39.2 Å². The number of carbonyl (C=O) groups excluding carboxylic acids is 1. The number of carbonyl (C=O) groups is 1. The Balaban J connectivity index is 1.96. The second-order valence-corrected chi connectivity index (χ2v) is 6.20. The van der Waals surface area contributed by atoms with E-state index in [4.69, 9.17) is 5.73 Å². The van der Waals surface area contributed by atoms with E-state index in [1.807, 2.05) is 38.1 Å². The Kier molecular flexibility index (Phi) is 3.41. The van der Waals surface area contributed by atoms with Crippen LogP contribution in [0.3, 0.4) is 0 Å². The van der Waals surface area contributed by atoms with Crippen molar-refractivity contribution < 1.29 is 4.79 Å². The zero-order valence-corrected chi connectivity index (χ0v) is 12.5. The van der Waals surface area contributed by atoms with Crippen LogP contribution in [0.4, 0.5) is 5.69 Å². The van der Waals surface area contributed by atoms with Gasteiger partial charge >= 0.3 is 0 Å². The molecule has 4 nitrogen and oxygen atoms in total. The average Bonchev–Trinajstić information content (AvgIpc) is 2.83. The van der Waals surface area contributed by atoms with E-state index in [-0.39, 0.29) is 11.9 Å². The fraction of sp³-hybridized carbons (Fsp3) is 0.412. The highest BCUT2D eigenvalue weighted by Crippen LogP contribution is 2.38. The molecule has 0 aliphatic heterocycles. The summed E-state index contributed by atoms with van der Waals surface area (Å²) in [5.74, 6) is 0.0153. The van der Waals surface area contributed by atoms with Crippen molar-refractivity contribution in [3.8, 4) is 0 Å². The number of aryl methyl sites for hydroxylation is 1. The minimum Gasteiger partial charge on any atom is -0.327 e. The highest BCUT2D eigenvalue weighted by atomic mass is 16.2. The Morgan fingerprint density at radius 1 is 1.43 bits per heavy atom. The molecule has 1 aromatic heterocycles. The quantitative estimate of drug-likeness (QED) is 0.890. The first-order valence-corrected chi connectivity index (χ1v) is 7.44. The summed E-state index contributed by atoms with van der Waals surface area (Å²) < 4.78 is 0. The van der Waals surface area contributed by atoms with Gasteiger partial charge in [0, 0.05) is 17.6 Å². The van der Waals surface area contributed by atoms with E-state index in [0.717, 1.165) is 41.4 Å². The first-order chi connectivity index (χ1) is 10.0. The number of nitrogens with zero attached hydrogens (tertiary/aromatic N) is 1. The molecule has 4 heteroatoms. The van der Waals surface area contributed by atoms with Crippen molar-refractivity contribution in [3.05, 3.63) is 36.0 Å². The number of hydrogen-bond acceptors (Lipinski definition) is 3. The maximum absolute atomic E-state index is 12.7. The van der Waals surface area contributed by atoms with Crippen LogP contribution in [0.2, 0.25) is 0 Å². The van der Waals surface area contributed by atoms with E-state index in [1.165, 1.54) is 0 Å². The molecule has 1 aliphatic carbocycles. The van der Waals surface area contributed by atoms with Crippen LogP contribution in [-0.4, -0.2) is 16.9 Å². The molecule has 2 atom stereocenters. The summed E-state index contributed by atoms with van der Waals surface area (Å²) in [5, 5.41) is 4.04. The number of nitrogens with one attached hydrogen (secondary N) is 1. The lowest BCUT2D eigenvalue weighted by Gasteiger charge is -2.27. The molecule has 0 bridgehead atoms. The van der Waals surface area contributed by atoms with Crippen LogP contribution in [-0.2, 0) is 4.79 Å². The summed E-state index contributed by atoms with van der Waals surface area (Å²) in [6.07, 6.45) is 4.55. The number of amides is 1. The van der Waals surface area contributed by atoms with E-state index in [9.17, 15) is 4.79 Å². The largest absolute Gasteiger partial charge is 0.327 e. The topological polar surface area (TPSA) is 68.0 Å². The van der Waals surface area contributed by atoms with Gasteiger partial charge in [0.1, 0.15) is 0 Å². The van der Waals surface area contributed by atoms with E-state index in [2.05, 4.69) is 10.3 Å². The van der Waals surface area contributed by atoms with Crippen LogP contribution in [0, 0.1) is 12.3 Å². The molecule has 2 unspecified atom stereocenters. The van der Waals surface area contributed by atoms with Crippen LogP contribution < -0.4 is 11.1 Å². The van der Waals surface area contributed by atoms with Gasteiger partial charge in [-0.2, -0.15) is 0 Å². The van der Waals surface area contributed by atoms with Crippen molar-refractivity contribution >= 4 is 22.5 Å². The van der Waals surface area contributed by atoms with E-state index < -0.39 is 5.41 Å². The molecule has 1 amide bonds. The van der Waals surface area contributed by atoms with Crippen LogP contribution in [0.1, 0.15) is 31.7 Å². The Labute approximate surface area is 124 Å². The SMILES string of the molecule is Cc1ccc(NC(=O)C2(C)CCCC2N)c2cccnc12. The molecule has 3 N–H and O–H groups in total. The summed E-state index contributed by atoms with van der Waals surface area (Å²) in [4.78, 5) is 17.1. The smallest absolute Gasteiger partial charge is 0.231 e. The van der Waals surface area contributed by atoms with Gasteiger partial charge < -0.3 is 11.1 Å². The van der Waals surface area contributed by atoms with Gasteiger partial charge in [-0.3, -0.25) is 9.78 Å². The first-order valence-electron chi connectivity index (χ1n) is 7.44. The Morgan fingerprint density at radius 3 is 2.95 bits per heavy atom. The van der Waals surface area contributed by atoms with Gasteiger partial charge in [0.2, 0.25) is 5.91 Å². The third kappa shape index (κ3) is 2.29. The molecule has 110 valence electrons. The van der Waals surface area contributed by atoms with Crippen LogP contribution in [0.15, 0.2) is 30.5 Å². The molecule has 1 aromatic carbocycles. The number of rotatable bonds is 2. The van der Waals surface area contributed by atoms with E-state index >= 15 is 0 Å². The molecule has 1 saturated carbocycles. The number of nitrogens with two attached hydrogens (primary N) is 1. The summed E-state index contributed by atoms with van der Waals surface area (Å²) in [5.41, 5.74) is 8.50. The highest BCUT2D eigenvalue weighted by molar-refractivity contribution is 6.04. The molecule has 3 rings (SSSR count). The number of fused-ring (bicyclic) bond motifs is 1. The van der Waals surface area contributed by atoms with Crippen molar-refractivity contribution in [1.29, 1.82) is 0 Å². The predicted octanol–water partition coefficient (Wildman–Crippen LogP) is 3.00. The number of benzene rings is 1. The summed E-state index contributed by atoms with van der Waals surface area (Å²) in [6.45, 7) is 3.99. The molecule has 0 saturated heterocycles. The Morgan fingerprint density at radius 2 is 2.24 bits per heavy atom. The van der Waals surface area contributed by atoms with Gasteiger partial charge in [-0.15, -0.1) is 0 Å². The molecule has 0 spiro atoms. The number of pyridine rings is 1. The fourth-order valence-corrected chi connectivity index (χ4v) is 3.16. The normalized spacial score (nSPS) is 25.2. The van der Waals surface area contributed by atoms with Crippen molar-refractivity contribution in [1.82, 2.24) is 4.98 Å². The lowest BCUT2D eigenvalue weighted by Crippen LogP contribution is -2.44. The fourth-order valence-electron chi connectivity index (χ4n) is 3.16. The van der Waals surface area contributed by atoms with Gasteiger partial charge in [0.15, 0.2) is 0 Å². The highest BCUT2D eigenvalue weighted by Gasteiger charge is 2.43. The molecular weight excluding hydrogens is 262 g/mol. The number of anilines is 1. The van der Waals surface area contributed by atoms with Gasteiger partial charge in [0.05, 0.1) is 16.6 Å². The first kappa shape index (κ1) is 14.0. The number of aromatic nitrogens is 1. The molecule has 1 heterocycles. The van der Waals surface area contributed by atoms with Gasteiger partial charge in [-0.05, 0) is 50.5 Å². The van der Waals surface area contributed by atoms with E-state index in [0.29, 0.717) is 0 Å². The molecular formula is C17H21N3O. The van der Waals surface area contributed by atoms with Gasteiger partial charge in [-0.1, -0.05) is 12.5 Å². The van der Waals surface area contributed by atoms with Gasteiger partial charge in [-0.25, -0.2) is 0 Å². The van der Waals surface area contributed by atoms with Crippen LogP contribution in [0.5, 0.6) is 0 Å². The Bertz CT molecular complexity index is 697. The van der Waals surface area contributed by atoms with Crippen molar-refractivity contribution in [2.75, 3.05) is 5.32 Å². The molecule has 1 aliphatic rings. The molecule has 0 radical (unpaired) electrons. The number of hydrogen-bond donors (Lipinski definition) is 2. The van der Waals surface area contributed by atoms with Gasteiger partial charge in [0.25, 0.3) is 0 Å². The minimum atomic E-state index is -0.473. The predicted molar refractivity (Wildman–Crippen MR) is 85.0 cm³/mol. The zero-order valence-electron chi connectivity index (χ0n) is 12.5. The summed E-state index contributed by atoms with van der Waals surface area (Å²) >= 11 is 0. The maximum atomic E-state index is 12.7. The molecule has 1 fully saturated rings. The standard InChI is InChI=1S/C17H21N3O/c1-11-7-8-13(12-5-4-10-19-15(11)12)20-16(21)17(2)9-3-6-14(17)18/h4-5,7-8,10,14H,3,6,9,18H2,1-2H3,(H,20,21). The second kappa shape index (κ2) is 5.11. The molecule has 2 aromatic rings. The summed E-state index contributed by atoms with van der Waals surface area (Å²) in [6, 6.07) is 7.75. The second-order valence-electron chi connectivity index (χ2n) is 6.20. The zero-order chi connectivity index (χ0) is 15.0. The van der Waals surface area contributed by atoms with Crippen LogP contribution >= 0.6 is 0 Å². The van der Waals surface area contributed by atoms with E-state index in [1.54, 1.807) is 6.20 Å². The minimum absolute atomic E-state index is 0.0153. The lowest BCUT2D eigenvalue weighted by atomic mass is 9.84. The monoisotopic (exact) mass is 283 g/mol. The van der Waals surface area contributed by atoms with Crippen LogP contribution in [0.25, 0.3) is 10.9 Å². The third-order valence-corrected chi connectivity index (χ3v) is 4.77. The lowest BCUT2D eigenvalue weighted by molar-refractivity contribution is -0.125. The maximum Gasteiger partial charge on any atom is 0.231 e. The average molecular weight is 283 g/mol.